The van der Waals surface area contributed by atoms with Crippen molar-refractivity contribution >= 4 is 17.9 Å². The molecule has 0 radical (unpaired) electrons. The Kier molecular flexibility index (Phi) is 50.5. The van der Waals surface area contributed by atoms with Gasteiger partial charge >= 0.3 is 17.9 Å². The van der Waals surface area contributed by atoms with E-state index in [2.05, 4.69) is 34.6 Å². The number of carbonyl (C=O) groups excluding carboxylic acids is 3. The van der Waals surface area contributed by atoms with E-state index < -0.39 is 6.10 Å². The summed E-state index contributed by atoms with van der Waals surface area (Å²) in [5, 5.41) is 0. The van der Waals surface area contributed by atoms with Crippen LogP contribution in [0.25, 0.3) is 0 Å². The Bertz CT molecular complexity index is 995. The van der Waals surface area contributed by atoms with E-state index in [1.54, 1.807) is 0 Å². The lowest BCUT2D eigenvalue weighted by atomic mass is 9.99. The summed E-state index contributed by atoms with van der Waals surface area (Å²) < 4.78 is 16.9. The lowest BCUT2D eigenvalue weighted by Crippen LogP contribution is -2.30. The minimum atomic E-state index is -0.762. The third kappa shape index (κ3) is 51.6. The quantitative estimate of drug-likeness (QED) is 0.0344. The van der Waals surface area contributed by atoms with Crippen LogP contribution in [-0.4, -0.2) is 37.2 Å². The molecule has 0 heterocycles. The number of rotatable bonds is 53. The number of hydrogen-bond acceptors (Lipinski definition) is 6. The molecular weight excluding hydrogens is 805 g/mol. The van der Waals surface area contributed by atoms with Gasteiger partial charge in [0.05, 0.1) is 0 Å². The van der Waals surface area contributed by atoms with Crippen molar-refractivity contribution in [3.05, 3.63) is 0 Å². The zero-order valence-electron chi connectivity index (χ0n) is 44.6. The molecule has 0 rings (SSSR count). The first-order chi connectivity index (χ1) is 31.8. The molecule has 0 N–H and O–H groups in total. The van der Waals surface area contributed by atoms with Crippen LogP contribution in [-0.2, 0) is 28.6 Å². The van der Waals surface area contributed by atoms with E-state index in [1.807, 2.05) is 0 Å². The van der Waals surface area contributed by atoms with Gasteiger partial charge in [-0.2, -0.15) is 0 Å². The molecule has 6 heteroatoms. The molecule has 0 aliphatic carbocycles. The van der Waals surface area contributed by atoms with Crippen molar-refractivity contribution in [2.24, 2.45) is 11.8 Å². The van der Waals surface area contributed by atoms with Crippen LogP contribution >= 0.6 is 0 Å². The fourth-order valence-electron chi connectivity index (χ4n) is 9.02. The maximum Gasteiger partial charge on any atom is 0.306 e. The largest absolute Gasteiger partial charge is 0.462 e. The second-order valence-electron chi connectivity index (χ2n) is 21.0. The molecule has 0 aliphatic rings. The molecule has 386 valence electrons. The Balaban J connectivity index is 4.17. The second-order valence-corrected chi connectivity index (χ2v) is 21.0. The molecule has 0 saturated carbocycles. The normalized spacial score (nSPS) is 12.5. The molecule has 0 bridgehead atoms. The zero-order chi connectivity index (χ0) is 47.5. The summed E-state index contributed by atoms with van der Waals surface area (Å²) in [6, 6.07) is 0. The molecule has 0 aromatic rings. The molecule has 0 aromatic carbocycles. The summed E-state index contributed by atoms with van der Waals surface area (Å²) in [5.74, 6) is 0.906. The van der Waals surface area contributed by atoms with Gasteiger partial charge in [-0.25, -0.2) is 0 Å². The van der Waals surface area contributed by atoms with Crippen LogP contribution in [0.4, 0.5) is 0 Å². The monoisotopic (exact) mass is 919 g/mol. The number of hydrogen-bond donors (Lipinski definition) is 0. The Labute approximate surface area is 406 Å². The molecule has 1 unspecified atom stereocenters. The highest BCUT2D eigenvalue weighted by Gasteiger charge is 2.19. The Morgan fingerprint density at radius 3 is 0.877 bits per heavy atom. The van der Waals surface area contributed by atoms with Crippen LogP contribution in [0.5, 0.6) is 0 Å². The molecule has 0 spiro atoms. The van der Waals surface area contributed by atoms with Gasteiger partial charge in [-0.3, -0.25) is 14.4 Å². The summed E-state index contributed by atoms with van der Waals surface area (Å²) in [5.41, 5.74) is 0. The van der Waals surface area contributed by atoms with Crippen LogP contribution in [0.3, 0.4) is 0 Å². The van der Waals surface area contributed by atoms with E-state index in [4.69, 9.17) is 14.2 Å². The first-order valence-electron chi connectivity index (χ1n) is 29.3. The predicted octanol–water partition coefficient (Wildman–Crippen LogP) is 19.3. The van der Waals surface area contributed by atoms with Crippen molar-refractivity contribution in [3.63, 3.8) is 0 Å². The minimum Gasteiger partial charge on any atom is -0.462 e. The van der Waals surface area contributed by atoms with Crippen LogP contribution in [0, 0.1) is 11.8 Å². The molecule has 0 saturated heterocycles. The molecule has 0 aromatic heterocycles. The number of esters is 3. The Morgan fingerprint density at radius 1 is 0.323 bits per heavy atom. The van der Waals surface area contributed by atoms with Gasteiger partial charge in [0.2, 0.25) is 0 Å². The lowest BCUT2D eigenvalue weighted by molar-refractivity contribution is -0.167. The van der Waals surface area contributed by atoms with E-state index >= 15 is 0 Å². The standard InChI is InChI=1S/C59H114O6/c1-6-8-9-10-11-27-34-39-44-49-57(60)63-52-56(65-59(62)51-46-41-36-31-26-22-18-19-23-28-32-37-42-47-54(3)4)53-64-58(61)50-45-40-35-30-25-21-17-15-13-12-14-16-20-24-29-33-38-43-48-55(5)7-2/h54-56H,6-53H2,1-5H3/t55?,56-/m1/s1. The van der Waals surface area contributed by atoms with E-state index in [9.17, 15) is 14.4 Å². The van der Waals surface area contributed by atoms with Gasteiger partial charge in [-0.05, 0) is 31.1 Å². The highest BCUT2D eigenvalue weighted by molar-refractivity contribution is 5.71. The Hall–Kier alpha value is -1.59. The van der Waals surface area contributed by atoms with Crippen molar-refractivity contribution in [2.45, 2.75) is 336 Å². The lowest BCUT2D eigenvalue weighted by Gasteiger charge is -2.18. The van der Waals surface area contributed by atoms with Crippen LogP contribution < -0.4 is 0 Å². The molecule has 0 aliphatic heterocycles. The van der Waals surface area contributed by atoms with Crippen LogP contribution in [0.1, 0.15) is 330 Å². The maximum atomic E-state index is 12.8. The topological polar surface area (TPSA) is 78.9 Å². The highest BCUT2D eigenvalue weighted by atomic mass is 16.6. The van der Waals surface area contributed by atoms with Crippen molar-refractivity contribution in [2.75, 3.05) is 13.2 Å². The SMILES string of the molecule is CCCCCCCCCCCC(=O)OC[C@H](COC(=O)CCCCCCCCCCCCCCCCCCCCC(C)CC)OC(=O)CCCCCCCCCCCCCCCC(C)C. The molecule has 65 heavy (non-hydrogen) atoms. The van der Waals surface area contributed by atoms with Crippen molar-refractivity contribution in [1.29, 1.82) is 0 Å². The van der Waals surface area contributed by atoms with Gasteiger partial charge in [0, 0.05) is 19.3 Å². The number of carbonyl (C=O) groups is 3. The summed E-state index contributed by atoms with van der Waals surface area (Å²) in [4.78, 5) is 38.0. The van der Waals surface area contributed by atoms with E-state index in [1.165, 1.54) is 218 Å². The average Bonchev–Trinajstić information content (AvgIpc) is 3.29. The maximum absolute atomic E-state index is 12.8. The van der Waals surface area contributed by atoms with Gasteiger partial charge in [-0.1, -0.05) is 291 Å². The van der Waals surface area contributed by atoms with Crippen LogP contribution in [0.15, 0.2) is 0 Å². The summed E-state index contributed by atoms with van der Waals surface area (Å²) >= 11 is 0. The Morgan fingerprint density at radius 2 is 0.585 bits per heavy atom. The van der Waals surface area contributed by atoms with Crippen molar-refractivity contribution in [1.82, 2.24) is 0 Å². The van der Waals surface area contributed by atoms with Gasteiger partial charge in [-0.15, -0.1) is 0 Å². The fourth-order valence-corrected chi connectivity index (χ4v) is 9.02. The predicted molar refractivity (Wildman–Crippen MR) is 280 cm³/mol. The van der Waals surface area contributed by atoms with E-state index in [0.717, 1.165) is 69.6 Å². The molecule has 0 fully saturated rings. The first-order valence-corrected chi connectivity index (χ1v) is 29.3. The summed E-state index contributed by atoms with van der Waals surface area (Å²) in [6.07, 6.45) is 55.3. The number of unbranched alkanes of at least 4 members (excludes halogenated alkanes) is 37. The smallest absolute Gasteiger partial charge is 0.306 e. The van der Waals surface area contributed by atoms with E-state index in [0.29, 0.717) is 19.3 Å². The third-order valence-electron chi connectivity index (χ3n) is 13.8. The summed E-state index contributed by atoms with van der Waals surface area (Å²) in [7, 11) is 0. The summed E-state index contributed by atoms with van der Waals surface area (Å²) in [6.45, 7) is 11.4. The van der Waals surface area contributed by atoms with E-state index in [-0.39, 0.29) is 31.1 Å². The molecule has 0 amide bonds. The second kappa shape index (κ2) is 51.8. The number of ether oxygens (including phenoxy) is 3. The highest BCUT2D eigenvalue weighted by Crippen LogP contribution is 2.19. The fraction of sp³-hybridized carbons (Fsp3) is 0.949. The minimum absolute atomic E-state index is 0.0627. The molecule has 2 atom stereocenters. The van der Waals surface area contributed by atoms with Crippen molar-refractivity contribution in [3.8, 4) is 0 Å². The van der Waals surface area contributed by atoms with Crippen molar-refractivity contribution < 1.29 is 28.6 Å². The van der Waals surface area contributed by atoms with Gasteiger partial charge in [0.25, 0.3) is 0 Å². The average molecular weight is 920 g/mol. The third-order valence-corrected chi connectivity index (χ3v) is 13.8. The molecular formula is C59H114O6. The van der Waals surface area contributed by atoms with Gasteiger partial charge in [0.15, 0.2) is 6.10 Å². The first kappa shape index (κ1) is 63.4. The van der Waals surface area contributed by atoms with Gasteiger partial charge in [0.1, 0.15) is 13.2 Å². The van der Waals surface area contributed by atoms with Crippen LogP contribution in [0.2, 0.25) is 0 Å². The zero-order valence-corrected chi connectivity index (χ0v) is 44.6. The molecule has 6 nitrogen and oxygen atoms in total. The van der Waals surface area contributed by atoms with Gasteiger partial charge < -0.3 is 14.2 Å².